The third-order valence-electron chi connectivity index (χ3n) is 3.11. The second kappa shape index (κ2) is 5.47. The van der Waals surface area contributed by atoms with E-state index in [4.69, 9.17) is 27.9 Å². The SMILES string of the molecule is CC(C)[C@@H]1CN(c2ccc(Cl)c(Cl)c2)CCO1. The third kappa shape index (κ3) is 3.06. The molecule has 1 aromatic rings. The average molecular weight is 274 g/mol. The van der Waals surface area contributed by atoms with Crippen molar-refractivity contribution >= 4 is 28.9 Å². The van der Waals surface area contributed by atoms with Crippen LogP contribution in [0.2, 0.25) is 10.0 Å². The van der Waals surface area contributed by atoms with Crippen molar-refractivity contribution in [1.29, 1.82) is 0 Å². The van der Waals surface area contributed by atoms with Crippen LogP contribution in [0, 0.1) is 5.92 Å². The number of morpholine rings is 1. The van der Waals surface area contributed by atoms with Crippen LogP contribution in [-0.2, 0) is 4.74 Å². The van der Waals surface area contributed by atoms with Gasteiger partial charge in [0.2, 0.25) is 0 Å². The van der Waals surface area contributed by atoms with Gasteiger partial charge in [-0.3, -0.25) is 0 Å². The van der Waals surface area contributed by atoms with E-state index < -0.39 is 0 Å². The molecular formula is C13H17Cl2NO. The molecule has 0 bridgehead atoms. The van der Waals surface area contributed by atoms with Gasteiger partial charge in [0.25, 0.3) is 0 Å². The van der Waals surface area contributed by atoms with Gasteiger partial charge in [-0.05, 0) is 24.1 Å². The molecule has 1 aliphatic rings. The fourth-order valence-corrected chi connectivity index (χ4v) is 2.29. The number of nitrogens with zero attached hydrogens (tertiary/aromatic N) is 1. The molecule has 17 heavy (non-hydrogen) atoms. The maximum atomic E-state index is 6.04. The highest BCUT2D eigenvalue weighted by atomic mass is 35.5. The second-order valence-corrected chi connectivity index (χ2v) is 5.51. The number of benzene rings is 1. The Bertz CT molecular complexity index is 395. The quantitative estimate of drug-likeness (QED) is 0.812. The summed E-state index contributed by atoms with van der Waals surface area (Å²) in [6.45, 7) is 6.95. The molecule has 1 aromatic carbocycles. The van der Waals surface area contributed by atoms with Crippen molar-refractivity contribution in [2.75, 3.05) is 24.6 Å². The van der Waals surface area contributed by atoms with Crippen molar-refractivity contribution in [3.63, 3.8) is 0 Å². The van der Waals surface area contributed by atoms with Crippen LogP contribution >= 0.6 is 23.2 Å². The fourth-order valence-electron chi connectivity index (χ4n) is 1.99. The van der Waals surface area contributed by atoms with Gasteiger partial charge >= 0.3 is 0 Å². The first-order valence-corrected chi connectivity index (χ1v) is 6.65. The molecule has 4 heteroatoms. The Morgan fingerprint density at radius 1 is 1.29 bits per heavy atom. The highest BCUT2D eigenvalue weighted by molar-refractivity contribution is 6.42. The van der Waals surface area contributed by atoms with Crippen LogP contribution in [0.1, 0.15) is 13.8 Å². The lowest BCUT2D eigenvalue weighted by Gasteiger charge is -2.36. The highest BCUT2D eigenvalue weighted by Gasteiger charge is 2.23. The number of ether oxygens (including phenoxy) is 1. The maximum absolute atomic E-state index is 6.04. The molecule has 0 saturated carbocycles. The standard InChI is InChI=1S/C13H17Cl2NO/c1-9(2)13-8-16(5-6-17-13)10-3-4-11(14)12(15)7-10/h3-4,7,9,13H,5-6,8H2,1-2H3/t13-/m0/s1. The van der Waals surface area contributed by atoms with E-state index in [0.717, 1.165) is 25.4 Å². The molecule has 1 atom stereocenters. The largest absolute Gasteiger partial charge is 0.374 e. The lowest BCUT2D eigenvalue weighted by molar-refractivity contribution is 0.0114. The van der Waals surface area contributed by atoms with Crippen LogP contribution in [0.3, 0.4) is 0 Å². The number of halogens is 2. The van der Waals surface area contributed by atoms with Crippen LogP contribution < -0.4 is 4.90 Å². The molecule has 1 aliphatic heterocycles. The van der Waals surface area contributed by atoms with Crippen molar-refractivity contribution in [3.05, 3.63) is 28.2 Å². The van der Waals surface area contributed by atoms with Gasteiger partial charge in [0.05, 0.1) is 22.8 Å². The zero-order chi connectivity index (χ0) is 12.4. The first-order valence-electron chi connectivity index (χ1n) is 5.89. The van der Waals surface area contributed by atoms with Crippen molar-refractivity contribution in [2.24, 2.45) is 5.92 Å². The number of hydrogen-bond acceptors (Lipinski definition) is 2. The molecule has 1 fully saturated rings. The minimum absolute atomic E-state index is 0.290. The van der Waals surface area contributed by atoms with Gasteiger partial charge in [-0.25, -0.2) is 0 Å². The Morgan fingerprint density at radius 2 is 2.06 bits per heavy atom. The third-order valence-corrected chi connectivity index (χ3v) is 3.84. The maximum Gasteiger partial charge on any atom is 0.0773 e. The molecule has 94 valence electrons. The summed E-state index contributed by atoms with van der Waals surface area (Å²) in [5.74, 6) is 0.528. The van der Waals surface area contributed by atoms with Gasteiger partial charge in [-0.15, -0.1) is 0 Å². The number of anilines is 1. The van der Waals surface area contributed by atoms with E-state index in [-0.39, 0.29) is 0 Å². The summed E-state index contributed by atoms with van der Waals surface area (Å²) in [6, 6.07) is 5.78. The summed E-state index contributed by atoms with van der Waals surface area (Å²) in [5.41, 5.74) is 1.12. The molecule has 0 amide bonds. The van der Waals surface area contributed by atoms with Crippen LogP contribution in [0.5, 0.6) is 0 Å². The summed E-state index contributed by atoms with van der Waals surface area (Å²) in [5, 5.41) is 1.21. The molecule has 2 nitrogen and oxygen atoms in total. The van der Waals surface area contributed by atoms with E-state index in [1.807, 2.05) is 18.2 Å². The molecule has 0 aliphatic carbocycles. The topological polar surface area (TPSA) is 12.5 Å². The van der Waals surface area contributed by atoms with E-state index >= 15 is 0 Å². The van der Waals surface area contributed by atoms with Crippen molar-refractivity contribution in [1.82, 2.24) is 0 Å². The van der Waals surface area contributed by atoms with E-state index in [0.29, 0.717) is 22.1 Å². The summed E-state index contributed by atoms with van der Waals surface area (Å²) >= 11 is 12.0. The van der Waals surface area contributed by atoms with Gasteiger partial charge < -0.3 is 9.64 Å². The molecule has 0 radical (unpaired) electrons. The second-order valence-electron chi connectivity index (χ2n) is 4.70. The summed E-state index contributed by atoms with van der Waals surface area (Å²) in [4.78, 5) is 2.30. The fraction of sp³-hybridized carbons (Fsp3) is 0.538. The summed E-state index contributed by atoms with van der Waals surface area (Å²) in [6.07, 6.45) is 0.290. The molecule has 0 unspecified atom stereocenters. The zero-order valence-corrected chi connectivity index (χ0v) is 11.6. The van der Waals surface area contributed by atoms with Crippen molar-refractivity contribution < 1.29 is 4.74 Å². The lowest BCUT2D eigenvalue weighted by Crippen LogP contribution is -2.44. The van der Waals surface area contributed by atoms with E-state index in [1.165, 1.54) is 0 Å². The Balaban J connectivity index is 2.13. The molecule has 2 rings (SSSR count). The Morgan fingerprint density at radius 3 is 2.71 bits per heavy atom. The predicted octanol–water partition coefficient (Wildman–Crippen LogP) is 3.85. The Labute approximate surface area is 112 Å². The molecule has 1 saturated heterocycles. The van der Waals surface area contributed by atoms with Crippen LogP contribution in [0.15, 0.2) is 18.2 Å². The molecule has 0 N–H and O–H groups in total. The van der Waals surface area contributed by atoms with Crippen molar-refractivity contribution in [3.8, 4) is 0 Å². The monoisotopic (exact) mass is 273 g/mol. The van der Waals surface area contributed by atoms with Crippen LogP contribution in [0.25, 0.3) is 0 Å². The van der Waals surface area contributed by atoms with E-state index in [1.54, 1.807) is 0 Å². The average Bonchev–Trinajstić information content (AvgIpc) is 2.33. The van der Waals surface area contributed by atoms with Gasteiger partial charge in [-0.1, -0.05) is 37.0 Å². The normalized spacial score (nSPS) is 21.0. The van der Waals surface area contributed by atoms with Crippen LogP contribution in [0.4, 0.5) is 5.69 Å². The minimum atomic E-state index is 0.290. The zero-order valence-electron chi connectivity index (χ0n) is 10.1. The van der Waals surface area contributed by atoms with Gasteiger partial charge in [0, 0.05) is 18.8 Å². The van der Waals surface area contributed by atoms with E-state index in [9.17, 15) is 0 Å². The van der Waals surface area contributed by atoms with Crippen molar-refractivity contribution in [2.45, 2.75) is 20.0 Å². The lowest BCUT2D eigenvalue weighted by atomic mass is 10.1. The Hall–Kier alpha value is -0.440. The molecule has 0 spiro atoms. The van der Waals surface area contributed by atoms with Gasteiger partial charge in [0.1, 0.15) is 0 Å². The predicted molar refractivity (Wildman–Crippen MR) is 73.3 cm³/mol. The van der Waals surface area contributed by atoms with Gasteiger partial charge in [-0.2, -0.15) is 0 Å². The summed E-state index contributed by atoms with van der Waals surface area (Å²) < 4.78 is 5.74. The smallest absolute Gasteiger partial charge is 0.0773 e. The first-order chi connectivity index (χ1) is 8.08. The minimum Gasteiger partial charge on any atom is -0.374 e. The Kier molecular flexibility index (Phi) is 4.18. The molecule has 1 heterocycles. The highest BCUT2D eigenvalue weighted by Crippen LogP contribution is 2.28. The number of rotatable bonds is 2. The summed E-state index contributed by atoms with van der Waals surface area (Å²) in [7, 11) is 0. The first kappa shape index (κ1) is 13.0. The number of hydrogen-bond donors (Lipinski definition) is 0. The molecular weight excluding hydrogens is 257 g/mol. The van der Waals surface area contributed by atoms with Crippen LogP contribution in [-0.4, -0.2) is 25.8 Å². The molecule has 0 aromatic heterocycles. The van der Waals surface area contributed by atoms with E-state index in [2.05, 4.69) is 18.7 Å². The van der Waals surface area contributed by atoms with Gasteiger partial charge in [0.15, 0.2) is 0 Å².